The standard InChI is InChI=1S/C38H56O9/c1-33(2)27-19-29(41)38(45)20-34(3)15-12-25-35(4,24(34)10-11-26(38)36(27,5)16-13-28(33)40)17-14-30(37(25,6)32(43)44)47-31(42)21-8-9-23(46-7)22(39)18-21/h8-9,18,24-30,39-41,45H,10-17,19-20H2,1-7H3,(H,43,44). The number of carbonyl (C=O) groups excluding carboxylic acids is 1. The number of aliphatic carboxylic acids is 1. The average Bonchev–Trinajstić information content (AvgIpc) is 3.13. The summed E-state index contributed by atoms with van der Waals surface area (Å²) in [6.45, 7) is 12.7. The number of hydrogen-bond acceptors (Lipinski definition) is 8. The molecule has 0 radical (unpaired) electrons. The van der Waals surface area contributed by atoms with Crippen LogP contribution in [0, 0.1) is 50.7 Å². The van der Waals surface area contributed by atoms with Crippen LogP contribution in [0.25, 0.3) is 0 Å². The Morgan fingerprint density at radius 1 is 0.809 bits per heavy atom. The lowest BCUT2D eigenvalue weighted by atomic mass is 9.41. The van der Waals surface area contributed by atoms with Gasteiger partial charge in [-0.2, -0.15) is 0 Å². The van der Waals surface area contributed by atoms with E-state index in [4.69, 9.17) is 9.47 Å². The molecule has 12 atom stereocenters. The van der Waals surface area contributed by atoms with Gasteiger partial charge in [-0.25, -0.2) is 4.79 Å². The lowest BCUT2D eigenvalue weighted by Gasteiger charge is -2.65. The average molecular weight is 657 g/mol. The van der Waals surface area contributed by atoms with E-state index in [0.29, 0.717) is 44.9 Å². The van der Waals surface area contributed by atoms with Crippen molar-refractivity contribution >= 4 is 11.9 Å². The molecule has 0 saturated heterocycles. The number of rotatable bonds is 4. The molecule has 9 nitrogen and oxygen atoms in total. The number of carboxylic acid groups (broad SMARTS) is 1. The Morgan fingerprint density at radius 2 is 1.45 bits per heavy atom. The molecule has 5 N–H and O–H groups in total. The van der Waals surface area contributed by atoms with Crippen molar-refractivity contribution in [2.75, 3.05) is 7.11 Å². The second-order valence-corrected chi connectivity index (χ2v) is 17.7. The highest BCUT2D eigenvalue weighted by Gasteiger charge is 2.70. The fraction of sp³-hybridized carbons (Fsp3) is 0.789. The molecule has 0 bridgehead atoms. The molecule has 9 heteroatoms. The molecule has 262 valence electrons. The van der Waals surface area contributed by atoms with Crippen molar-refractivity contribution in [3.05, 3.63) is 23.8 Å². The van der Waals surface area contributed by atoms with Gasteiger partial charge in [0.2, 0.25) is 0 Å². The number of phenolic OH excluding ortho intramolecular Hbond substituents is 1. The van der Waals surface area contributed by atoms with Crippen molar-refractivity contribution in [3.63, 3.8) is 0 Å². The third kappa shape index (κ3) is 4.79. The van der Waals surface area contributed by atoms with E-state index in [9.17, 15) is 35.1 Å². The van der Waals surface area contributed by atoms with Gasteiger partial charge in [0, 0.05) is 0 Å². The second kappa shape index (κ2) is 11.1. The summed E-state index contributed by atoms with van der Waals surface area (Å²) in [4.78, 5) is 26.6. The normalized spacial score (nSPS) is 47.2. The highest BCUT2D eigenvalue weighted by Crippen LogP contribution is 2.72. The lowest BCUT2D eigenvalue weighted by Crippen LogP contribution is -2.67. The van der Waals surface area contributed by atoms with Crippen LogP contribution >= 0.6 is 0 Å². The summed E-state index contributed by atoms with van der Waals surface area (Å²) in [5.74, 6) is -1.86. The van der Waals surface area contributed by atoms with E-state index in [1.165, 1.54) is 25.3 Å². The zero-order valence-electron chi connectivity index (χ0n) is 29.2. The highest BCUT2D eigenvalue weighted by atomic mass is 16.5. The van der Waals surface area contributed by atoms with Crippen LogP contribution in [0.3, 0.4) is 0 Å². The van der Waals surface area contributed by atoms with E-state index < -0.39 is 46.7 Å². The fourth-order valence-corrected chi connectivity index (χ4v) is 12.8. The van der Waals surface area contributed by atoms with Crippen LogP contribution in [0.4, 0.5) is 0 Å². The smallest absolute Gasteiger partial charge is 0.338 e. The van der Waals surface area contributed by atoms with E-state index in [1.54, 1.807) is 6.92 Å². The molecule has 1 aromatic rings. The van der Waals surface area contributed by atoms with Gasteiger partial charge in [0.25, 0.3) is 0 Å². The van der Waals surface area contributed by atoms with Crippen molar-refractivity contribution in [1.29, 1.82) is 0 Å². The fourth-order valence-electron chi connectivity index (χ4n) is 12.8. The summed E-state index contributed by atoms with van der Waals surface area (Å²) in [6.07, 6.45) is 4.15. The number of benzene rings is 1. The van der Waals surface area contributed by atoms with E-state index in [1.807, 2.05) is 0 Å². The number of aliphatic hydroxyl groups is 3. The third-order valence-corrected chi connectivity index (χ3v) is 15.3. The monoisotopic (exact) mass is 656 g/mol. The molecular weight excluding hydrogens is 600 g/mol. The van der Waals surface area contributed by atoms with Crippen molar-refractivity contribution in [1.82, 2.24) is 0 Å². The van der Waals surface area contributed by atoms with Gasteiger partial charge in [-0.15, -0.1) is 0 Å². The first-order valence-electron chi connectivity index (χ1n) is 17.7. The number of carboxylic acids is 1. The summed E-state index contributed by atoms with van der Waals surface area (Å²) in [6, 6.07) is 4.26. The first-order valence-corrected chi connectivity index (χ1v) is 17.7. The van der Waals surface area contributed by atoms with Crippen LogP contribution in [0.1, 0.15) is 116 Å². The molecule has 5 fully saturated rings. The van der Waals surface area contributed by atoms with E-state index in [2.05, 4.69) is 34.6 Å². The maximum absolute atomic E-state index is 13.3. The number of aromatic hydroxyl groups is 1. The number of methoxy groups -OCH3 is 1. The molecule has 12 unspecified atom stereocenters. The highest BCUT2D eigenvalue weighted by molar-refractivity contribution is 5.90. The second-order valence-electron chi connectivity index (χ2n) is 17.7. The topological polar surface area (TPSA) is 154 Å². The number of esters is 1. The van der Waals surface area contributed by atoms with Gasteiger partial charge >= 0.3 is 11.9 Å². The van der Waals surface area contributed by atoms with Crippen LogP contribution in [0.5, 0.6) is 11.5 Å². The molecule has 1 aromatic carbocycles. The third-order valence-electron chi connectivity index (χ3n) is 15.3. The van der Waals surface area contributed by atoms with Crippen molar-refractivity contribution in [2.45, 2.75) is 130 Å². The minimum Gasteiger partial charge on any atom is -0.504 e. The number of ether oxygens (including phenoxy) is 2. The Kier molecular flexibility index (Phi) is 8.13. The minimum atomic E-state index is -1.34. The zero-order chi connectivity index (χ0) is 34.5. The molecule has 47 heavy (non-hydrogen) atoms. The summed E-state index contributed by atoms with van der Waals surface area (Å²) < 4.78 is 11.1. The Balaban J connectivity index is 1.32. The van der Waals surface area contributed by atoms with Crippen molar-refractivity contribution < 1.29 is 44.6 Å². The molecular formula is C38H56O9. The molecule has 0 heterocycles. The summed E-state index contributed by atoms with van der Waals surface area (Å²) in [5, 5.41) is 56.6. The quantitative estimate of drug-likeness (QED) is 0.248. The number of carbonyl (C=O) groups is 2. The molecule has 0 aliphatic heterocycles. The van der Waals surface area contributed by atoms with Crippen molar-refractivity contribution in [2.24, 2.45) is 50.7 Å². The van der Waals surface area contributed by atoms with Crippen LogP contribution < -0.4 is 4.74 Å². The van der Waals surface area contributed by atoms with Crippen LogP contribution in [-0.2, 0) is 9.53 Å². The summed E-state index contributed by atoms with van der Waals surface area (Å²) in [7, 11) is 1.42. The maximum atomic E-state index is 13.3. The Hall–Kier alpha value is -2.36. The van der Waals surface area contributed by atoms with Gasteiger partial charge in [-0.1, -0.05) is 34.6 Å². The first-order chi connectivity index (χ1) is 21.8. The summed E-state index contributed by atoms with van der Waals surface area (Å²) >= 11 is 0. The van der Waals surface area contributed by atoms with Gasteiger partial charge in [0.1, 0.15) is 11.5 Å². The number of fused-ring (bicyclic) bond motifs is 6. The minimum absolute atomic E-state index is 0.0725. The van der Waals surface area contributed by atoms with Crippen LogP contribution in [0.2, 0.25) is 0 Å². The zero-order valence-corrected chi connectivity index (χ0v) is 29.2. The van der Waals surface area contributed by atoms with E-state index in [0.717, 1.165) is 19.3 Å². The predicted octanol–water partition coefficient (Wildman–Crippen LogP) is 5.95. The number of phenols is 1. The largest absolute Gasteiger partial charge is 0.504 e. The molecule has 5 aliphatic carbocycles. The van der Waals surface area contributed by atoms with Gasteiger partial charge in [0.05, 0.1) is 30.5 Å². The molecule has 5 aliphatic rings. The molecule has 0 spiro atoms. The Labute approximate surface area is 279 Å². The molecule has 6 rings (SSSR count). The number of hydrogen-bond donors (Lipinski definition) is 5. The molecule has 0 aromatic heterocycles. The van der Waals surface area contributed by atoms with Gasteiger partial charge in [-0.3, -0.25) is 4.79 Å². The van der Waals surface area contributed by atoms with Crippen LogP contribution in [0.15, 0.2) is 18.2 Å². The maximum Gasteiger partial charge on any atom is 0.338 e. The number of aliphatic hydroxyl groups excluding tert-OH is 2. The van der Waals surface area contributed by atoms with Gasteiger partial charge in [-0.05, 0) is 135 Å². The van der Waals surface area contributed by atoms with E-state index >= 15 is 0 Å². The lowest BCUT2D eigenvalue weighted by molar-refractivity contribution is -0.252. The summed E-state index contributed by atoms with van der Waals surface area (Å²) in [5.41, 5.74) is -3.79. The first kappa shape index (κ1) is 34.5. The Morgan fingerprint density at radius 3 is 2.09 bits per heavy atom. The Bertz CT molecular complexity index is 1430. The molecule has 0 amide bonds. The van der Waals surface area contributed by atoms with Gasteiger partial charge < -0.3 is 35.0 Å². The van der Waals surface area contributed by atoms with Crippen molar-refractivity contribution in [3.8, 4) is 11.5 Å². The SMILES string of the molecule is COc1ccc(C(=O)OC2CCC3(C)C4CCC5C6(C)CCC(O)C(C)(C)C6CC(O)C5(O)CC4(C)CCC3C2(C)C(=O)O)cc1O. The predicted molar refractivity (Wildman–Crippen MR) is 175 cm³/mol. The van der Waals surface area contributed by atoms with Gasteiger partial charge in [0.15, 0.2) is 11.5 Å². The van der Waals surface area contributed by atoms with E-state index in [-0.39, 0.29) is 57.0 Å². The molecule has 5 saturated carbocycles. The van der Waals surface area contributed by atoms with Crippen LogP contribution in [-0.4, -0.2) is 68.5 Å².